The van der Waals surface area contributed by atoms with Crippen LogP contribution in [0, 0.1) is 0 Å². The van der Waals surface area contributed by atoms with Crippen molar-refractivity contribution >= 4 is 11.4 Å². The predicted molar refractivity (Wildman–Crippen MR) is 102 cm³/mol. The Balaban J connectivity index is 1.67. The van der Waals surface area contributed by atoms with Crippen molar-refractivity contribution in [2.75, 3.05) is 17.2 Å². The smallest absolute Gasteiger partial charge is 0.103 e. The van der Waals surface area contributed by atoms with Crippen LogP contribution < -0.4 is 16.0 Å². The van der Waals surface area contributed by atoms with E-state index < -0.39 is 0 Å². The predicted octanol–water partition coefficient (Wildman–Crippen LogP) is 4.28. The van der Waals surface area contributed by atoms with Crippen molar-refractivity contribution in [3.8, 4) is 0 Å². The third-order valence-electron chi connectivity index (χ3n) is 4.27. The van der Waals surface area contributed by atoms with Crippen molar-refractivity contribution in [1.82, 2.24) is 10.2 Å². The first-order chi connectivity index (χ1) is 11.4. The maximum absolute atomic E-state index is 4.14. The molecule has 1 aromatic rings. The number of hydrogen-bond donors (Lipinski definition) is 3. The zero-order valence-corrected chi connectivity index (χ0v) is 14.2. The summed E-state index contributed by atoms with van der Waals surface area (Å²) in [6, 6.07) is 6.35. The second-order valence-electron chi connectivity index (χ2n) is 6.32. The Labute approximate surface area is 143 Å². The van der Waals surface area contributed by atoms with Crippen molar-refractivity contribution in [3.63, 3.8) is 0 Å². The zero-order valence-electron chi connectivity index (χ0n) is 14.2. The van der Waals surface area contributed by atoms with Crippen LogP contribution in [0.15, 0.2) is 79.2 Å². The number of aryl methyl sites for hydroxylation is 1. The Morgan fingerprint density at radius 2 is 2.00 bits per heavy atom. The minimum absolute atomic E-state index is 0.633. The Morgan fingerprint density at radius 3 is 2.79 bits per heavy atom. The number of nitrogens with zero attached hydrogens (tertiary/aromatic N) is 1. The first-order valence-corrected chi connectivity index (χ1v) is 8.05. The summed E-state index contributed by atoms with van der Waals surface area (Å²) in [6.45, 7) is 18.8. The molecular weight excluding hydrogens is 296 g/mol. The van der Waals surface area contributed by atoms with Gasteiger partial charge in [-0.1, -0.05) is 32.4 Å². The molecular formula is C20H24N4. The van der Waals surface area contributed by atoms with Crippen molar-refractivity contribution in [1.29, 1.82) is 0 Å². The molecule has 24 heavy (non-hydrogen) atoms. The number of allylic oxidation sites excluding steroid dienone is 2. The van der Waals surface area contributed by atoms with Crippen LogP contribution in [-0.4, -0.2) is 11.4 Å². The number of nitrogens with one attached hydrogen (secondary N) is 3. The molecule has 4 nitrogen and oxygen atoms in total. The molecule has 0 aromatic heterocycles. The fourth-order valence-corrected chi connectivity index (χ4v) is 2.85. The van der Waals surface area contributed by atoms with E-state index in [0.29, 0.717) is 6.54 Å². The van der Waals surface area contributed by atoms with Gasteiger partial charge in [0.2, 0.25) is 0 Å². The molecule has 0 radical (unpaired) electrons. The fraction of sp³-hybridized carbons (Fsp3) is 0.200. The third-order valence-corrected chi connectivity index (χ3v) is 4.27. The van der Waals surface area contributed by atoms with Gasteiger partial charge in [0.25, 0.3) is 0 Å². The van der Waals surface area contributed by atoms with Crippen LogP contribution in [0.4, 0.5) is 11.4 Å². The fourth-order valence-electron chi connectivity index (χ4n) is 2.85. The molecule has 4 heteroatoms. The van der Waals surface area contributed by atoms with Gasteiger partial charge in [0.15, 0.2) is 0 Å². The van der Waals surface area contributed by atoms with Gasteiger partial charge in [-0.25, -0.2) is 0 Å². The van der Waals surface area contributed by atoms with Gasteiger partial charge in [-0.3, -0.25) is 0 Å². The summed E-state index contributed by atoms with van der Waals surface area (Å²) in [5.74, 6) is 0.803. The van der Waals surface area contributed by atoms with Gasteiger partial charge in [-0.15, -0.1) is 0 Å². The van der Waals surface area contributed by atoms with Gasteiger partial charge in [-0.05, 0) is 43.0 Å². The lowest BCUT2D eigenvalue weighted by atomic mass is 10.0. The maximum Gasteiger partial charge on any atom is 0.103 e. The Morgan fingerprint density at radius 1 is 1.21 bits per heavy atom. The second kappa shape index (κ2) is 6.32. The lowest BCUT2D eigenvalue weighted by Gasteiger charge is -2.31. The lowest BCUT2D eigenvalue weighted by Crippen LogP contribution is -2.33. The number of fused-ring (bicyclic) bond motifs is 1. The molecule has 0 aliphatic carbocycles. The van der Waals surface area contributed by atoms with Crippen molar-refractivity contribution in [3.05, 3.63) is 84.8 Å². The van der Waals surface area contributed by atoms with E-state index in [2.05, 4.69) is 60.5 Å². The third kappa shape index (κ3) is 3.38. The molecule has 2 aliphatic rings. The summed E-state index contributed by atoms with van der Waals surface area (Å²) < 4.78 is 0. The monoisotopic (exact) mass is 320 g/mol. The van der Waals surface area contributed by atoms with Crippen LogP contribution in [0.3, 0.4) is 0 Å². The molecule has 2 heterocycles. The minimum atomic E-state index is 0.633. The van der Waals surface area contributed by atoms with Crippen LogP contribution in [0.5, 0.6) is 0 Å². The molecule has 0 amide bonds. The number of hydrogen-bond acceptors (Lipinski definition) is 4. The van der Waals surface area contributed by atoms with Gasteiger partial charge >= 0.3 is 0 Å². The van der Waals surface area contributed by atoms with Gasteiger partial charge in [0.1, 0.15) is 5.82 Å². The molecule has 0 spiro atoms. The summed E-state index contributed by atoms with van der Waals surface area (Å²) in [6.07, 6.45) is 4.07. The van der Waals surface area contributed by atoms with Crippen LogP contribution >= 0.6 is 0 Å². The van der Waals surface area contributed by atoms with Crippen molar-refractivity contribution in [2.24, 2.45) is 0 Å². The first kappa shape index (κ1) is 16.0. The van der Waals surface area contributed by atoms with Gasteiger partial charge in [0, 0.05) is 34.7 Å². The van der Waals surface area contributed by atoms with Crippen LogP contribution in [0.1, 0.15) is 18.9 Å². The molecule has 0 atom stereocenters. The Bertz CT molecular complexity index is 770. The molecule has 1 aromatic carbocycles. The molecule has 0 fully saturated rings. The normalized spacial score (nSPS) is 16.8. The maximum atomic E-state index is 4.14. The SMILES string of the molecule is C=C(CN1C=C(C)C(=C)NC1=C)Nc1ccc2c(c1)NC(=C)CC2. The molecule has 3 rings (SSSR count). The highest BCUT2D eigenvalue weighted by atomic mass is 15.3. The zero-order chi connectivity index (χ0) is 17.3. The average Bonchev–Trinajstić information content (AvgIpc) is 2.52. The van der Waals surface area contributed by atoms with E-state index in [4.69, 9.17) is 0 Å². The number of rotatable bonds is 4. The van der Waals surface area contributed by atoms with E-state index in [1.807, 2.05) is 18.0 Å². The summed E-state index contributed by atoms with van der Waals surface area (Å²) >= 11 is 0. The second-order valence-corrected chi connectivity index (χ2v) is 6.32. The summed E-state index contributed by atoms with van der Waals surface area (Å²) in [5.41, 5.74) is 7.40. The largest absolute Gasteiger partial charge is 0.359 e. The molecule has 0 saturated carbocycles. The summed E-state index contributed by atoms with van der Waals surface area (Å²) in [5, 5.41) is 9.90. The topological polar surface area (TPSA) is 39.3 Å². The standard InChI is InChI=1S/C20H24N4/c1-13-11-24(17(5)23-16(13)4)12-15(3)21-19-9-8-18-7-6-14(2)22-20(18)10-19/h8-11,21-23H,2-7,12H2,1H3. The number of anilines is 2. The molecule has 124 valence electrons. The summed E-state index contributed by atoms with van der Waals surface area (Å²) in [4.78, 5) is 2.03. The Kier molecular flexibility index (Phi) is 4.21. The van der Waals surface area contributed by atoms with E-state index in [-0.39, 0.29) is 0 Å². The number of benzene rings is 1. The quantitative estimate of drug-likeness (QED) is 0.774. The van der Waals surface area contributed by atoms with Crippen LogP contribution in [0.25, 0.3) is 0 Å². The molecule has 0 unspecified atom stereocenters. The van der Waals surface area contributed by atoms with Crippen LogP contribution in [-0.2, 0) is 6.42 Å². The van der Waals surface area contributed by atoms with E-state index in [9.17, 15) is 0 Å². The average molecular weight is 320 g/mol. The highest BCUT2D eigenvalue weighted by molar-refractivity contribution is 5.66. The highest BCUT2D eigenvalue weighted by Gasteiger charge is 2.15. The van der Waals surface area contributed by atoms with Crippen LogP contribution in [0.2, 0.25) is 0 Å². The lowest BCUT2D eigenvalue weighted by molar-refractivity contribution is 0.458. The Hall–Kier alpha value is -2.88. The molecule has 2 aliphatic heterocycles. The van der Waals surface area contributed by atoms with Gasteiger partial charge in [0.05, 0.1) is 6.54 Å². The molecule has 0 bridgehead atoms. The summed E-state index contributed by atoms with van der Waals surface area (Å²) in [7, 11) is 0. The van der Waals surface area contributed by atoms with E-state index in [1.165, 1.54) is 5.56 Å². The minimum Gasteiger partial charge on any atom is -0.359 e. The van der Waals surface area contributed by atoms with E-state index >= 15 is 0 Å². The molecule has 3 N–H and O–H groups in total. The highest BCUT2D eigenvalue weighted by Crippen LogP contribution is 2.29. The van der Waals surface area contributed by atoms with E-state index in [1.54, 1.807) is 0 Å². The molecule has 0 saturated heterocycles. The van der Waals surface area contributed by atoms with Gasteiger partial charge in [-0.2, -0.15) is 0 Å². The van der Waals surface area contributed by atoms with Gasteiger partial charge < -0.3 is 20.9 Å². The van der Waals surface area contributed by atoms with E-state index in [0.717, 1.165) is 52.7 Å². The van der Waals surface area contributed by atoms with Crippen molar-refractivity contribution in [2.45, 2.75) is 19.8 Å². The van der Waals surface area contributed by atoms with Crippen molar-refractivity contribution < 1.29 is 0 Å². The first-order valence-electron chi connectivity index (χ1n) is 8.05.